The van der Waals surface area contributed by atoms with Crippen LogP contribution in [0.15, 0.2) is 36.5 Å². The molecule has 0 bridgehead atoms. The van der Waals surface area contributed by atoms with E-state index in [1.165, 1.54) is 37.5 Å². The Kier molecular flexibility index (Phi) is 5.86. The number of hydrogen-bond donors (Lipinski definition) is 2. The molecule has 1 aliphatic heterocycles. The fourth-order valence-corrected chi connectivity index (χ4v) is 3.71. The molecule has 0 unspecified atom stereocenters. The fourth-order valence-electron chi connectivity index (χ4n) is 2.92. The summed E-state index contributed by atoms with van der Waals surface area (Å²) in [6, 6.07) is 8.09. The lowest BCUT2D eigenvalue weighted by Gasteiger charge is -2.27. The van der Waals surface area contributed by atoms with Gasteiger partial charge in [0.15, 0.2) is 0 Å². The standard InChI is InChI=1S/C18H21ClN4O3S/c1-27(25,26)22-16-11-13(5-7-15(16)19)18(24)21-14-6-8-17(20-12-14)23-9-3-2-4-10-23/h5-8,11-12,22H,2-4,9-10H2,1H3,(H,21,24). The van der Waals surface area contributed by atoms with E-state index in [1.54, 1.807) is 12.3 Å². The molecule has 2 N–H and O–H groups in total. The number of nitrogens with one attached hydrogen (secondary N) is 2. The largest absolute Gasteiger partial charge is 0.357 e. The summed E-state index contributed by atoms with van der Waals surface area (Å²) in [6.07, 6.45) is 6.22. The zero-order chi connectivity index (χ0) is 19.4. The molecule has 1 amide bonds. The molecule has 0 atom stereocenters. The zero-order valence-corrected chi connectivity index (χ0v) is 16.5. The molecule has 1 fully saturated rings. The van der Waals surface area contributed by atoms with E-state index in [0.717, 1.165) is 25.2 Å². The second-order valence-electron chi connectivity index (χ2n) is 6.48. The number of halogens is 1. The molecule has 0 saturated carbocycles. The molecule has 1 aromatic heterocycles. The highest BCUT2D eigenvalue weighted by atomic mass is 35.5. The molecule has 7 nitrogen and oxygen atoms in total. The van der Waals surface area contributed by atoms with Crippen LogP contribution in [0.4, 0.5) is 17.2 Å². The normalized spacial score (nSPS) is 14.7. The van der Waals surface area contributed by atoms with Crippen LogP contribution in [0.5, 0.6) is 0 Å². The lowest BCUT2D eigenvalue weighted by atomic mass is 10.1. The minimum absolute atomic E-state index is 0.158. The third kappa shape index (κ3) is 5.33. The maximum atomic E-state index is 12.5. The summed E-state index contributed by atoms with van der Waals surface area (Å²) >= 11 is 5.99. The first kappa shape index (κ1) is 19.4. The molecule has 27 heavy (non-hydrogen) atoms. The van der Waals surface area contributed by atoms with Crippen LogP contribution in [0.3, 0.4) is 0 Å². The number of piperidine rings is 1. The van der Waals surface area contributed by atoms with Crippen molar-refractivity contribution in [3.05, 3.63) is 47.1 Å². The SMILES string of the molecule is CS(=O)(=O)Nc1cc(C(=O)Nc2ccc(N3CCCCC3)nc2)ccc1Cl. The highest BCUT2D eigenvalue weighted by molar-refractivity contribution is 7.92. The number of hydrogen-bond acceptors (Lipinski definition) is 5. The van der Waals surface area contributed by atoms with E-state index in [9.17, 15) is 13.2 Å². The van der Waals surface area contributed by atoms with Crippen molar-refractivity contribution in [2.45, 2.75) is 19.3 Å². The van der Waals surface area contributed by atoms with Gasteiger partial charge in [0.25, 0.3) is 5.91 Å². The predicted octanol–water partition coefficient (Wildman–Crippen LogP) is 3.35. The molecule has 9 heteroatoms. The van der Waals surface area contributed by atoms with Gasteiger partial charge in [-0.3, -0.25) is 9.52 Å². The van der Waals surface area contributed by atoms with E-state index in [1.807, 2.05) is 6.07 Å². The minimum atomic E-state index is -3.50. The predicted molar refractivity (Wildman–Crippen MR) is 108 cm³/mol. The van der Waals surface area contributed by atoms with E-state index in [0.29, 0.717) is 5.69 Å². The number of aromatic nitrogens is 1. The average Bonchev–Trinajstić information content (AvgIpc) is 2.64. The molecule has 0 radical (unpaired) electrons. The van der Waals surface area contributed by atoms with E-state index < -0.39 is 10.0 Å². The van der Waals surface area contributed by atoms with Crippen molar-refractivity contribution >= 4 is 44.7 Å². The molecular formula is C18H21ClN4O3S. The summed E-state index contributed by atoms with van der Waals surface area (Å²) in [6.45, 7) is 2.00. The molecule has 0 spiro atoms. The van der Waals surface area contributed by atoms with Gasteiger partial charge in [0.1, 0.15) is 5.82 Å². The second-order valence-corrected chi connectivity index (χ2v) is 8.63. The number of benzene rings is 1. The van der Waals surface area contributed by atoms with Gasteiger partial charge in [-0.25, -0.2) is 13.4 Å². The molecular weight excluding hydrogens is 388 g/mol. The highest BCUT2D eigenvalue weighted by Crippen LogP contribution is 2.25. The van der Waals surface area contributed by atoms with Crippen LogP contribution in [0, 0.1) is 0 Å². The zero-order valence-electron chi connectivity index (χ0n) is 14.9. The Morgan fingerprint density at radius 3 is 2.52 bits per heavy atom. The molecule has 144 valence electrons. The lowest BCUT2D eigenvalue weighted by molar-refractivity contribution is 0.102. The number of anilines is 3. The quantitative estimate of drug-likeness (QED) is 0.791. The first-order valence-corrected chi connectivity index (χ1v) is 10.9. The maximum Gasteiger partial charge on any atom is 0.255 e. The summed E-state index contributed by atoms with van der Waals surface area (Å²) in [5.41, 5.74) is 1.00. The number of carbonyl (C=O) groups is 1. The van der Waals surface area contributed by atoms with Crippen LogP contribution in [0.25, 0.3) is 0 Å². The van der Waals surface area contributed by atoms with Crippen molar-refractivity contribution in [1.29, 1.82) is 0 Å². The van der Waals surface area contributed by atoms with Gasteiger partial charge in [-0.05, 0) is 49.6 Å². The van der Waals surface area contributed by atoms with Crippen molar-refractivity contribution in [2.75, 3.05) is 34.3 Å². The summed E-state index contributed by atoms with van der Waals surface area (Å²) in [7, 11) is -3.50. The monoisotopic (exact) mass is 408 g/mol. The maximum absolute atomic E-state index is 12.5. The number of rotatable bonds is 5. The Morgan fingerprint density at radius 1 is 1.15 bits per heavy atom. The highest BCUT2D eigenvalue weighted by Gasteiger charge is 2.14. The molecule has 1 saturated heterocycles. The van der Waals surface area contributed by atoms with Gasteiger partial charge in [-0.15, -0.1) is 0 Å². The number of pyridine rings is 1. The molecule has 2 heterocycles. The third-order valence-corrected chi connectivity index (χ3v) is 5.13. The average molecular weight is 409 g/mol. The molecule has 1 aliphatic rings. The lowest BCUT2D eigenvalue weighted by Crippen LogP contribution is -2.30. The van der Waals surface area contributed by atoms with Crippen molar-refractivity contribution in [3.8, 4) is 0 Å². The van der Waals surface area contributed by atoms with Gasteiger partial charge in [-0.1, -0.05) is 11.6 Å². The number of carbonyl (C=O) groups excluding carboxylic acids is 1. The van der Waals surface area contributed by atoms with E-state index in [-0.39, 0.29) is 22.2 Å². The van der Waals surface area contributed by atoms with E-state index in [2.05, 4.69) is 19.9 Å². The smallest absolute Gasteiger partial charge is 0.255 e. The third-order valence-electron chi connectivity index (χ3n) is 4.21. The molecule has 2 aromatic rings. The summed E-state index contributed by atoms with van der Waals surface area (Å²) in [5, 5.41) is 2.97. The van der Waals surface area contributed by atoms with Crippen LogP contribution in [-0.4, -0.2) is 38.7 Å². The van der Waals surface area contributed by atoms with Gasteiger partial charge < -0.3 is 10.2 Å². The summed E-state index contributed by atoms with van der Waals surface area (Å²) in [4.78, 5) is 19.1. The van der Waals surface area contributed by atoms with Crippen LogP contribution in [0.2, 0.25) is 5.02 Å². The van der Waals surface area contributed by atoms with Gasteiger partial charge in [0.05, 0.1) is 28.9 Å². The van der Waals surface area contributed by atoms with Gasteiger partial charge in [0, 0.05) is 18.7 Å². The Morgan fingerprint density at radius 2 is 1.89 bits per heavy atom. The molecule has 1 aromatic carbocycles. The van der Waals surface area contributed by atoms with Crippen LogP contribution in [0.1, 0.15) is 29.6 Å². The Hall–Kier alpha value is -2.32. The van der Waals surface area contributed by atoms with Crippen molar-refractivity contribution in [2.24, 2.45) is 0 Å². The second kappa shape index (κ2) is 8.14. The summed E-state index contributed by atoms with van der Waals surface area (Å²) < 4.78 is 25.1. The first-order chi connectivity index (χ1) is 12.8. The van der Waals surface area contributed by atoms with Crippen molar-refractivity contribution < 1.29 is 13.2 Å². The Bertz CT molecular complexity index is 926. The Balaban J connectivity index is 1.70. The van der Waals surface area contributed by atoms with Crippen molar-refractivity contribution in [3.63, 3.8) is 0 Å². The Labute approximate surface area is 163 Å². The number of amides is 1. The van der Waals surface area contributed by atoms with Gasteiger partial charge >= 0.3 is 0 Å². The summed E-state index contributed by atoms with van der Waals surface area (Å²) in [5.74, 6) is 0.523. The van der Waals surface area contributed by atoms with Crippen LogP contribution >= 0.6 is 11.6 Å². The number of nitrogens with zero attached hydrogens (tertiary/aromatic N) is 2. The number of sulfonamides is 1. The minimum Gasteiger partial charge on any atom is -0.357 e. The fraction of sp³-hybridized carbons (Fsp3) is 0.333. The van der Waals surface area contributed by atoms with E-state index >= 15 is 0 Å². The van der Waals surface area contributed by atoms with Crippen molar-refractivity contribution in [1.82, 2.24) is 4.98 Å². The molecule has 3 rings (SSSR count). The first-order valence-electron chi connectivity index (χ1n) is 8.61. The van der Waals surface area contributed by atoms with Gasteiger partial charge in [0.2, 0.25) is 10.0 Å². The van der Waals surface area contributed by atoms with Gasteiger partial charge in [-0.2, -0.15) is 0 Å². The van der Waals surface area contributed by atoms with Crippen LogP contribution in [-0.2, 0) is 10.0 Å². The van der Waals surface area contributed by atoms with Crippen LogP contribution < -0.4 is 14.9 Å². The van der Waals surface area contributed by atoms with E-state index in [4.69, 9.17) is 11.6 Å². The molecule has 0 aliphatic carbocycles. The topological polar surface area (TPSA) is 91.4 Å².